The molecule has 29 heavy (non-hydrogen) atoms. The standard InChI is InChI=1S/C19H23N5O4S/c1-13-17(19(26)21(2)3)29-16(20-13)12-22-7-9-23(10-8-22)18(25)14-5-4-6-15(11-14)24(27)28/h4-6,11H,7-10,12H2,1-3H3. The molecule has 10 heteroatoms. The molecule has 1 aliphatic rings. The maximum absolute atomic E-state index is 12.7. The van der Waals surface area contributed by atoms with Crippen LogP contribution in [0.1, 0.15) is 30.7 Å². The summed E-state index contributed by atoms with van der Waals surface area (Å²) in [5, 5.41) is 11.8. The highest BCUT2D eigenvalue weighted by Crippen LogP contribution is 2.22. The van der Waals surface area contributed by atoms with Gasteiger partial charge in [-0.25, -0.2) is 4.98 Å². The zero-order chi connectivity index (χ0) is 21.1. The van der Waals surface area contributed by atoms with Gasteiger partial charge in [-0.3, -0.25) is 24.6 Å². The summed E-state index contributed by atoms with van der Waals surface area (Å²) in [4.78, 5) is 45.9. The molecule has 2 heterocycles. The Labute approximate surface area is 172 Å². The van der Waals surface area contributed by atoms with Gasteiger partial charge >= 0.3 is 0 Å². The topological polar surface area (TPSA) is 99.9 Å². The van der Waals surface area contributed by atoms with Crippen molar-refractivity contribution in [3.63, 3.8) is 0 Å². The summed E-state index contributed by atoms with van der Waals surface area (Å²) in [6.45, 7) is 4.90. The molecule has 1 aromatic heterocycles. The van der Waals surface area contributed by atoms with Crippen LogP contribution in [0.15, 0.2) is 24.3 Å². The van der Waals surface area contributed by atoms with Crippen LogP contribution in [-0.2, 0) is 6.54 Å². The fourth-order valence-electron chi connectivity index (χ4n) is 3.16. The number of non-ortho nitro benzene ring substituents is 1. The van der Waals surface area contributed by atoms with E-state index in [-0.39, 0.29) is 17.5 Å². The number of piperazine rings is 1. The lowest BCUT2D eigenvalue weighted by molar-refractivity contribution is -0.384. The summed E-state index contributed by atoms with van der Waals surface area (Å²) >= 11 is 1.41. The highest BCUT2D eigenvalue weighted by Gasteiger charge is 2.25. The third-order valence-corrected chi connectivity index (χ3v) is 5.89. The molecule has 0 atom stereocenters. The second kappa shape index (κ2) is 8.66. The van der Waals surface area contributed by atoms with Crippen LogP contribution in [0, 0.1) is 17.0 Å². The third kappa shape index (κ3) is 4.77. The number of benzene rings is 1. The van der Waals surface area contributed by atoms with Crippen LogP contribution in [0.4, 0.5) is 5.69 Å². The van der Waals surface area contributed by atoms with Gasteiger partial charge in [-0.15, -0.1) is 11.3 Å². The average molecular weight is 417 g/mol. The Bertz CT molecular complexity index is 934. The van der Waals surface area contributed by atoms with Crippen LogP contribution in [0.5, 0.6) is 0 Å². The van der Waals surface area contributed by atoms with Crippen molar-refractivity contribution in [2.24, 2.45) is 0 Å². The molecule has 0 radical (unpaired) electrons. The molecule has 2 aromatic rings. The predicted molar refractivity (Wildman–Crippen MR) is 109 cm³/mol. The molecular weight excluding hydrogens is 394 g/mol. The number of carbonyl (C=O) groups excluding carboxylic acids is 2. The van der Waals surface area contributed by atoms with E-state index in [0.717, 1.165) is 10.7 Å². The smallest absolute Gasteiger partial charge is 0.270 e. The highest BCUT2D eigenvalue weighted by molar-refractivity contribution is 7.13. The molecule has 1 saturated heterocycles. The summed E-state index contributed by atoms with van der Waals surface area (Å²) in [7, 11) is 3.44. The Kier molecular flexibility index (Phi) is 6.23. The van der Waals surface area contributed by atoms with Gasteiger partial charge in [0.25, 0.3) is 17.5 Å². The maximum Gasteiger partial charge on any atom is 0.270 e. The number of thiazole rings is 1. The van der Waals surface area contributed by atoms with E-state index in [9.17, 15) is 19.7 Å². The Balaban J connectivity index is 1.59. The number of amides is 2. The molecule has 0 spiro atoms. The van der Waals surface area contributed by atoms with Gasteiger partial charge in [0.1, 0.15) is 9.88 Å². The normalized spacial score (nSPS) is 14.7. The number of hydrogen-bond acceptors (Lipinski definition) is 7. The van der Waals surface area contributed by atoms with Crippen molar-refractivity contribution in [3.05, 3.63) is 55.5 Å². The Morgan fingerprint density at radius 2 is 1.93 bits per heavy atom. The lowest BCUT2D eigenvalue weighted by Gasteiger charge is -2.34. The fraction of sp³-hybridized carbons (Fsp3) is 0.421. The number of rotatable bonds is 5. The number of nitro benzene ring substituents is 1. The monoisotopic (exact) mass is 417 g/mol. The van der Waals surface area contributed by atoms with Crippen molar-refractivity contribution in [2.75, 3.05) is 40.3 Å². The van der Waals surface area contributed by atoms with E-state index in [1.165, 1.54) is 29.5 Å². The zero-order valence-corrected chi connectivity index (χ0v) is 17.4. The quantitative estimate of drug-likeness (QED) is 0.545. The van der Waals surface area contributed by atoms with Crippen LogP contribution in [0.3, 0.4) is 0 Å². The zero-order valence-electron chi connectivity index (χ0n) is 16.6. The Morgan fingerprint density at radius 3 is 2.55 bits per heavy atom. The van der Waals surface area contributed by atoms with Gasteiger partial charge in [0.2, 0.25) is 0 Å². The summed E-state index contributed by atoms with van der Waals surface area (Å²) in [6, 6.07) is 5.82. The van der Waals surface area contributed by atoms with Crippen LogP contribution in [0.2, 0.25) is 0 Å². The first-order chi connectivity index (χ1) is 13.8. The lowest BCUT2D eigenvalue weighted by Crippen LogP contribution is -2.48. The summed E-state index contributed by atoms with van der Waals surface area (Å²) in [5.74, 6) is -0.240. The molecule has 0 saturated carbocycles. The van der Waals surface area contributed by atoms with Crippen molar-refractivity contribution >= 4 is 28.8 Å². The minimum absolute atomic E-state index is 0.0429. The molecule has 154 valence electrons. The minimum Gasteiger partial charge on any atom is -0.344 e. The average Bonchev–Trinajstić information content (AvgIpc) is 3.07. The molecule has 1 fully saturated rings. The number of aryl methyl sites for hydroxylation is 1. The van der Waals surface area contributed by atoms with E-state index in [2.05, 4.69) is 9.88 Å². The highest BCUT2D eigenvalue weighted by atomic mass is 32.1. The molecule has 2 amide bonds. The number of aromatic nitrogens is 1. The summed E-state index contributed by atoms with van der Waals surface area (Å²) < 4.78 is 0. The molecule has 0 bridgehead atoms. The van der Waals surface area contributed by atoms with Crippen molar-refractivity contribution in [1.82, 2.24) is 19.7 Å². The molecular formula is C19H23N5O4S. The number of nitro groups is 1. The summed E-state index contributed by atoms with van der Waals surface area (Å²) in [5.41, 5.74) is 0.981. The first-order valence-electron chi connectivity index (χ1n) is 9.20. The third-order valence-electron chi connectivity index (χ3n) is 4.76. The molecule has 3 rings (SSSR count). The predicted octanol–water partition coefficient (Wildman–Crippen LogP) is 2.02. The van der Waals surface area contributed by atoms with E-state index in [1.54, 1.807) is 30.0 Å². The summed E-state index contributed by atoms with van der Waals surface area (Å²) in [6.07, 6.45) is 0. The molecule has 1 aliphatic heterocycles. The van der Waals surface area contributed by atoms with Crippen molar-refractivity contribution < 1.29 is 14.5 Å². The van der Waals surface area contributed by atoms with Gasteiger partial charge in [-0.05, 0) is 13.0 Å². The maximum atomic E-state index is 12.7. The first-order valence-corrected chi connectivity index (χ1v) is 10.0. The van der Waals surface area contributed by atoms with Gasteiger partial charge in [0, 0.05) is 58.0 Å². The number of carbonyl (C=O) groups is 2. The van der Waals surface area contributed by atoms with Crippen molar-refractivity contribution in [2.45, 2.75) is 13.5 Å². The van der Waals surface area contributed by atoms with Crippen LogP contribution in [0.25, 0.3) is 0 Å². The first kappa shape index (κ1) is 20.9. The minimum atomic E-state index is -0.500. The Morgan fingerprint density at radius 1 is 1.24 bits per heavy atom. The molecule has 1 aromatic carbocycles. The molecule has 9 nitrogen and oxygen atoms in total. The van der Waals surface area contributed by atoms with Crippen molar-refractivity contribution in [1.29, 1.82) is 0 Å². The second-order valence-corrected chi connectivity index (χ2v) is 8.18. The SMILES string of the molecule is Cc1nc(CN2CCN(C(=O)c3cccc([N+](=O)[O-])c3)CC2)sc1C(=O)N(C)C. The van der Waals surface area contributed by atoms with E-state index in [4.69, 9.17) is 0 Å². The van der Waals surface area contributed by atoms with Crippen molar-refractivity contribution in [3.8, 4) is 0 Å². The molecule has 0 unspecified atom stereocenters. The van der Waals surface area contributed by atoms with Crippen LogP contribution < -0.4 is 0 Å². The fourth-order valence-corrected chi connectivity index (χ4v) is 4.29. The largest absolute Gasteiger partial charge is 0.344 e. The van der Waals surface area contributed by atoms with E-state index >= 15 is 0 Å². The number of hydrogen-bond donors (Lipinski definition) is 0. The van der Waals surface area contributed by atoms with E-state index in [0.29, 0.717) is 43.2 Å². The van der Waals surface area contributed by atoms with Crippen LogP contribution in [-0.4, -0.2) is 76.7 Å². The van der Waals surface area contributed by atoms with Gasteiger partial charge in [0.15, 0.2) is 0 Å². The Hall–Kier alpha value is -2.85. The second-order valence-electron chi connectivity index (χ2n) is 7.10. The molecule has 0 aliphatic carbocycles. The van der Waals surface area contributed by atoms with Gasteiger partial charge < -0.3 is 9.80 Å². The van der Waals surface area contributed by atoms with Gasteiger partial charge in [-0.2, -0.15) is 0 Å². The van der Waals surface area contributed by atoms with Gasteiger partial charge in [0.05, 0.1) is 17.2 Å². The van der Waals surface area contributed by atoms with E-state index in [1.807, 2.05) is 6.92 Å². The van der Waals surface area contributed by atoms with Gasteiger partial charge in [-0.1, -0.05) is 6.07 Å². The molecule has 0 N–H and O–H groups in total. The number of nitrogens with zero attached hydrogens (tertiary/aromatic N) is 5. The lowest BCUT2D eigenvalue weighted by atomic mass is 10.1. The van der Waals surface area contributed by atoms with Crippen LogP contribution >= 0.6 is 11.3 Å². The van der Waals surface area contributed by atoms with E-state index < -0.39 is 4.92 Å².